The van der Waals surface area contributed by atoms with Gasteiger partial charge in [-0.3, -0.25) is 4.90 Å². The van der Waals surface area contributed by atoms with Gasteiger partial charge in [-0.25, -0.2) is 0 Å². The summed E-state index contributed by atoms with van der Waals surface area (Å²) >= 11 is 0. The number of benzene rings is 3. The number of unbranched alkanes of at least 4 members (excludes halogenated alkanes) is 3. The van der Waals surface area contributed by atoms with E-state index < -0.39 is 11.7 Å². The van der Waals surface area contributed by atoms with Gasteiger partial charge in [-0.15, -0.1) is 0 Å². The topological polar surface area (TPSA) is 3.24 Å². The summed E-state index contributed by atoms with van der Waals surface area (Å²) in [5, 5.41) is 0. The van der Waals surface area contributed by atoms with Gasteiger partial charge in [-0.1, -0.05) is 93.8 Å². The molecular weight excluding hydrogens is 443 g/mol. The number of halogens is 3. The molecule has 0 aliphatic heterocycles. The van der Waals surface area contributed by atoms with Gasteiger partial charge in [0, 0.05) is 13.1 Å². The molecule has 3 aromatic rings. The Morgan fingerprint density at radius 1 is 0.543 bits per heavy atom. The van der Waals surface area contributed by atoms with Crippen molar-refractivity contribution in [1.82, 2.24) is 4.90 Å². The van der Waals surface area contributed by atoms with Gasteiger partial charge >= 0.3 is 6.18 Å². The Labute approximate surface area is 209 Å². The third kappa shape index (κ3) is 9.18. The van der Waals surface area contributed by atoms with Crippen molar-refractivity contribution >= 4 is 0 Å². The SMILES string of the molecule is CCCCCCc1ccc(CCc2ccc(CN(CC)Cc3ccc(C(F)(F)F)cc3)cc2)cc1. The zero-order valence-corrected chi connectivity index (χ0v) is 21.1. The van der Waals surface area contributed by atoms with Gasteiger partial charge < -0.3 is 0 Å². The molecule has 0 aliphatic rings. The molecule has 0 unspecified atom stereocenters. The van der Waals surface area contributed by atoms with Gasteiger partial charge in [-0.05, 0) is 72.2 Å². The van der Waals surface area contributed by atoms with Crippen LogP contribution in [0, 0.1) is 0 Å². The Morgan fingerprint density at radius 2 is 0.971 bits per heavy atom. The number of alkyl halides is 3. The average Bonchev–Trinajstić information content (AvgIpc) is 2.86. The lowest BCUT2D eigenvalue weighted by Crippen LogP contribution is -2.22. The van der Waals surface area contributed by atoms with Crippen LogP contribution in [0.25, 0.3) is 0 Å². The molecule has 0 amide bonds. The summed E-state index contributed by atoms with van der Waals surface area (Å²) in [6.45, 7) is 6.56. The molecule has 0 N–H and O–H groups in total. The number of aryl methyl sites for hydroxylation is 3. The molecule has 1 nitrogen and oxygen atoms in total. The van der Waals surface area contributed by atoms with Crippen molar-refractivity contribution in [1.29, 1.82) is 0 Å². The van der Waals surface area contributed by atoms with Gasteiger partial charge in [0.1, 0.15) is 0 Å². The molecular formula is C31H38F3N. The highest BCUT2D eigenvalue weighted by atomic mass is 19.4. The minimum atomic E-state index is -4.29. The summed E-state index contributed by atoms with van der Waals surface area (Å²) in [4.78, 5) is 2.24. The molecule has 4 heteroatoms. The first kappa shape index (κ1) is 27.0. The Balaban J connectivity index is 1.46. The van der Waals surface area contributed by atoms with Gasteiger partial charge in [0.2, 0.25) is 0 Å². The third-order valence-corrected chi connectivity index (χ3v) is 6.61. The maximum atomic E-state index is 12.8. The second kappa shape index (κ2) is 13.5. The van der Waals surface area contributed by atoms with E-state index in [0.29, 0.717) is 6.54 Å². The summed E-state index contributed by atoms with van der Waals surface area (Å²) < 4.78 is 38.4. The summed E-state index contributed by atoms with van der Waals surface area (Å²) in [7, 11) is 0. The zero-order chi connectivity index (χ0) is 25.1. The van der Waals surface area contributed by atoms with E-state index in [0.717, 1.165) is 31.5 Å². The average molecular weight is 482 g/mol. The van der Waals surface area contributed by atoms with Gasteiger partial charge in [0.05, 0.1) is 5.56 Å². The van der Waals surface area contributed by atoms with Crippen LogP contribution in [0.3, 0.4) is 0 Å². The minimum Gasteiger partial charge on any atom is -0.295 e. The van der Waals surface area contributed by atoms with Crippen molar-refractivity contribution in [2.45, 2.75) is 78.1 Å². The molecule has 0 fully saturated rings. The molecule has 0 bridgehead atoms. The molecule has 188 valence electrons. The predicted octanol–water partition coefficient (Wildman–Crippen LogP) is 8.64. The van der Waals surface area contributed by atoms with E-state index in [4.69, 9.17) is 0 Å². The van der Waals surface area contributed by atoms with Crippen LogP contribution in [-0.4, -0.2) is 11.4 Å². The molecule has 35 heavy (non-hydrogen) atoms. The Morgan fingerprint density at radius 3 is 1.40 bits per heavy atom. The van der Waals surface area contributed by atoms with Gasteiger partial charge in [0.25, 0.3) is 0 Å². The molecule has 0 saturated heterocycles. The second-order valence-corrected chi connectivity index (χ2v) is 9.44. The van der Waals surface area contributed by atoms with E-state index in [9.17, 15) is 13.2 Å². The molecule has 0 atom stereocenters. The van der Waals surface area contributed by atoms with Crippen LogP contribution in [0.5, 0.6) is 0 Å². The smallest absolute Gasteiger partial charge is 0.295 e. The quantitative estimate of drug-likeness (QED) is 0.221. The lowest BCUT2D eigenvalue weighted by Gasteiger charge is -2.21. The van der Waals surface area contributed by atoms with Crippen molar-refractivity contribution in [2.75, 3.05) is 6.54 Å². The highest BCUT2D eigenvalue weighted by Crippen LogP contribution is 2.29. The van der Waals surface area contributed by atoms with Crippen LogP contribution in [0.15, 0.2) is 72.8 Å². The Bertz CT molecular complexity index is 989. The number of nitrogens with zero attached hydrogens (tertiary/aromatic N) is 1. The summed E-state index contributed by atoms with van der Waals surface area (Å²) in [6.07, 6.45) is 4.13. The molecule has 0 spiro atoms. The summed E-state index contributed by atoms with van der Waals surface area (Å²) in [5.74, 6) is 0. The Kier molecular flexibility index (Phi) is 10.4. The minimum absolute atomic E-state index is 0.599. The molecule has 0 heterocycles. The van der Waals surface area contributed by atoms with Crippen LogP contribution >= 0.6 is 0 Å². The molecule has 0 aliphatic carbocycles. The van der Waals surface area contributed by atoms with Crippen molar-refractivity contribution in [3.63, 3.8) is 0 Å². The predicted molar refractivity (Wildman–Crippen MR) is 139 cm³/mol. The van der Waals surface area contributed by atoms with Crippen LogP contribution < -0.4 is 0 Å². The largest absolute Gasteiger partial charge is 0.416 e. The van der Waals surface area contributed by atoms with Crippen LogP contribution in [0.2, 0.25) is 0 Å². The fourth-order valence-corrected chi connectivity index (χ4v) is 4.32. The van der Waals surface area contributed by atoms with Crippen molar-refractivity contribution in [3.8, 4) is 0 Å². The third-order valence-electron chi connectivity index (χ3n) is 6.61. The first-order valence-corrected chi connectivity index (χ1v) is 12.9. The number of hydrogen-bond acceptors (Lipinski definition) is 1. The lowest BCUT2D eigenvalue weighted by atomic mass is 10.0. The fourth-order valence-electron chi connectivity index (χ4n) is 4.32. The Hall–Kier alpha value is -2.59. The summed E-state index contributed by atoms with van der Waals surface area (Å²) in [5.41, 5.74) is 5.64. The van der Waals surface area contributed by atoms with Crippen molar-refractivity contribution in [2.24, 2.45) is 0 Å². The maximum Gasteiger partial charge on any atom is 0.416 e. The monoisotopic (exact) mass is 481 g/mol. The normalized spacial score (nSPS) is 11.8. The first-order valence-electron chi connectivity index (χ1n) is 12.9. The van der Waals surface area contributed by atoms with E-state index >= 15 is 0 Å². The van der Waals surface area contributed by atoms with Crippen LogP contribution in [-0.2, 0) is 38.5 Å². The van der Waals surface area contributed by atoms with Gasteiger partial charge in [-0.2, -0.15) is 13.2 Å². The van der Waals surface area contributed by atoms with E-state index in [-0.39, 0.29) is 0 Å². The van der Waals surface area contributed by atoms with E-state index in [1.165, 1.54) is 66.5 Å². The number of rotatable bonds is 13. The number of hydrogen-bond donors (Lipinski definition) is 0. The molecule has 3 aromatic carbocycles. The zero-order valence-electron chi connectivity index (χ0n) is 21.1. The van der Waals surface area contributed by atoms with E-state index in [1.54, 1.807) is 12.1 Å². The standard InChI is InChI=1S/C31H38F3N/c1-3-5-6-7-8-25-9-11-26(12-10-25)13-14-27-15-17-28(18-16-27)23-35(4-2)24-29-19-21-30(22-20-29)31(32,33)34/h9-12,15-22H,3-8,13-14,23-24H2,1-2H3. The lowest BCUT2D eigenvalue weighted by molar-refractivity contribution is -0.137. The molecule has 0 radical (unpaired) electrons. The van der Waals surface area contributed by atoms with E-state index in [1.807, 2.05) is 0 Å². The van der Waals surface area contributed by atoms with Crippen molar-refractivity contribution in [3.05, 3.63) is 106 Å². The first-order chi connectivity index (χ1) is 16.9. The van der Waals surface area contributed by atoms with Crippen LogP contribution in [0.1, 0.15) is 72.9 Å². The maximum absolute atomic E-state index is 12.8. The summed E-state index contributed by atoms with van der Waals surface area (Å²) in [6, 6.07) is 23.3. The highest BCUT2D eigenvalue weighted by Gasteiger charge is 2.29. The molecule has 0 saturated carbocycles. The van der Waals surface area contributed by atoms with Crippen molar-refractivity contribution < 1.29 is 13.2 Å². The van der Waals surface area contributed by atoms with Gasteiger partial charge in [0.15, 0.2) is 0 Å². The molecule has 3 rings (SSSR count). The fraction of sp³-hybridized carbons (Fsp3) is 0.419. The van der Waals surface area contributed by atoms with E-state index in [2.05, 4.69) is 67.3 Å². The second-order valence-electron chi connectivity index (χ2n) is 9.44. The highest BCUT2D eigenvalue weighted by molar-refractivity contribution is 5.27. The van der Waals surface area contributed by atoms with Crippen LogP contribution in [0.4, 0.5) is 13.2 Å². The molecule has 0 aromatic heterocycles.